The summed E-state index contributed by atoms with van der Waals surface area (Å²) in [4.78, 5) is 4.89. The van der Waals surface area contributed by atoms with Crippen LogP contribution in [-0.4, -0.2) is 14.9 Å². The van der Waals surface area contributed by atoms with Crippen LogP contribution in [0, 0.1) is 0 Å². The van der Waals surface area contributed by atoms with Gasteiger partial charge < -0.3 is 5.32 Å². The molecule has 4 heteroatoms. The summed E-state index contributed by atoms with van der Waals surface area (Å²) in [5, 5.41) is 3.63. The van der Waals surface area contributed by atoms with E-state index < -0.39 is 0 Å². The van der Waals surface area contributed by atoms with Gasteiger partial charge in [0.15, 0.2) is 0 Å². The summed E-state index contributed by atoms with van der Waals surface area (Å²) in [7, 11) is 0. The molecule has 1 unspecified atom stereocenters. The van der Waals surface area contributed by atoms with E-state index in [4.69, 9.17) is 4.98 Å². The van der Waals surface area contributed by atoms with Crippen LogP contribution in [0.2, 0.25) is 0 Å². The Balaban J connectivity index is 2.17. The summed E-state index contributed by atoms with van der Waals surface area (Å²) in [6.45, 7) is 8.71. The molecule has 0 amide bonds. The van der Waals surface area contributed by atoms with Gasteiger partial charge >= 0.3 is 0 Å². The summed E-state index contributed by atoms with van der Waals surface area (Å²) in [5.74, 6) is 1.28. The molecule has 1 N–H and O–H groups in total. The highest BCUT2D eigenvalue weighted by molar-refractivity contribution is 9.10. The lowest BCUT2D eigenvalue weighted by Gasteiger charge is -2.24. The first-order chi connectivity index (χ1) is 10.8. The predicted octanol–water partition coefficient (Wildman–Crippen LogP) is 5.46. The molecule has 2 aromatic heterocycles. The van der Waals surface area contributed by atoms with E-state index in [1.807, 2.05) is 18.2 Å². The zero-order valence-corrected chi connectivity index (χ0v) is 15.6. The number of nitrogens with one attached hydrogen (secondary N) is 1. The van der Waals surface area contributed by atoms with E-state index in [0.717, 1.165) is 21.6 Å². The van der Waals surface area contributed by atoms with Gasteiger partial charge in [-0.2, -0.15) is 0 Å². The first kappa shape index (κ1) is 16.1. The van der Waals surface area contributed by atoms with Crippen molar-refractivity contribution in [1.82, 2.24) is 9.38 Å². The number of imidazole rings is 1. The van der Waals surface area contributed by atoms with Crippen LogP contribution in [0.15, 0.2) is 53.1 Å². The van der Waals surface area contributed by atoms with Crippen LogP contribution in [0.3, 0.4) is 0 Å². The molecule has 0 saturated heterocycles. The van der Waals surface area contributed by atoms with Gasteiger partial charge in [0, 0.05) is 22.1 Å². The Bertz CT molecular complexity index is 816. The van der Waals surface area contributed by atoms with Gasteiger partial charge in [0.25, 0.3) is 0 Å². The average molecular weight is 372 g/mol. The van der Waals surface area contributed by atoms with Crippen molar-refractivity contribution < 1.29 is 0 Å². The van der Waals surface area contributed by atoms with Gasteiger partial charge in [-0.1, -0.05) is 37.3 Å². The first-order valence-corrected chi connectivity index (χ1v) is 8.65. The summed E-state index contributed by atoms with van der Waals surface area (Å²) >= 11 is 3.56. The number of rotatable bonds is 3. The zero-order chi connectivity index (χ0) is 16.6. The molecule has 0 spiro atoms. The molecule has 1 aromatic carbocycles. The minimum Gasteiger partial charge on any atom is -0.365 e. The normalized spacial score (nSPS) is 13.3. The molecule has 0 aliphatic rings. The van der Waals surface area contributed by atoms with Crippen molar-refractivity contribution in [3.05, 3.63) is 64.4 Å². The number of pyridine rings is 1. The second-order valence-electron chi connectivity index (χ2n) is 6.93. The molecule has 3 nitrogen and oxygen atoms in total. The predicted molar refractivity (Wildman–Crippen MR) is 100 cm³/mol. The van der Waals surface area contributed by atoms with Crippen LogP contribution in [0.4, 0.5) is 5.82 Å². The zero-order valence-electron chi connectivity index (χ0n) is 14.0. The molecule has 0 bridgehead atoms. The van der Waals surface area contributed by atoms with Crippen LogP contribution >= 0.6 is 15.9 Å². The maximum atomic E-state index is 4.89. The van der Waals surface area contributed by atoms with Crippen molar-refractivity contribution in [3.8, 4) is 0 Å². The third kappa shape index (κ3) is 3.42. The second kappa shape index (κ2) is 6.00. The fraction of sp³-hybridized carbons (Fsp3) is 0.316. The largest absolute Gasteiger partial charge is 0.365 e. The number of aromatic nitrogens is 2. The van der Waals surface area contributed by atoms with Crippen molar-refractivity contribution in [2.24, 2.45) is 0 Å². The van der Waals surface area contributed by atoms with Crippen molar-refractivity contribution in [2.45, 2.75) is 39.2 Å². The van der Waals surface area contributed by atoms with Crippen LogP contribution in [-0.2, 0) is 0 Å². The van der Waals surface area contributed by atoms with Crippen molar-refractivity contribution in [3.63, 3.8) is 0 Å². The Labute approximate surface area is 145 Å². The maximum absolute atomic E-state index is 4.89. The molecule has 0 aliphatic carbocycles. The molecule has 120 valence electrons. The highest BCUT2D eigenvalue weighted by atomic mass is 79.9. The minimum atomic E-state index is -0.0383. The number of hydrogen-bond donors (Lipinski definition) is 1. The molecule has 0 radical (unpaired) electrons. The monoisotopic (exact) mass is 371 g/mol. The van der Waals surface area contributed by atoms with Crippen LogP contribution < -0.4 is 5.32 Å². The minimum absolute atomic E-state index is 0.0383. The summed E-state index contributed by atoms with van der Waals surface area (Å²) < 4.78 is 3.17. The summed E-state index contributed by atoms with van der Waals surface area (Å²) in [6, 6.07) is 14.6. The Hall–Kier alpha value is -1.81. The summed E-state index contributed by atoms with van der Waals surface area (Å²) in [6.07, 6.45) is 2.07. The maximum Gasteiger partial charge on any atom is 0.138 e. The van der Waals surface area contributed by atoms with Gasteiger partial charge in [-0.25, -0.2) is 4.98 Å². The van der Waals surface area contributed by atoms with Crippen molar-refractivity contribution >= 4 is 27.4 Å². The number of hydrogen-bond acceptors (Lipinski definition) is 2. The molecule has 0 fully saturated rings. The van der Waals surface area contributed by atoms with Gasteiger partial charge in [-0.15, -0.1) is 0 Å². The Kier molecular flexibility index (Phi) is 4.19. The van der Waals surface area contributed by atoms with Crippen LogP contribution in [0.5, 0.6) is 0 Å². The van der Waals surface area contributed by atoms with E-state index in [2.05, 4.69) is 83.8 Å². The van der Waals surface area contributed by atoms with E-state index in [-0.39, 0.29) is 11.5 Å². The van der Waals surface area contributed by atoms with Gasteiger partial charge in [0.2, 0.25) is 0 Å². The Morgan fingerprint density at radius 2 is 1.78 bits per heavy atom. The summed E-state index contributed by atoms with van der Waals surface area (Å²) in [5.41, 5.74) is 3.26. The lowest BCUT2D eigenvalue weighted by Crippen LogP contribution is -2.27. The van der Waals surface area contributed by atoms with Crippen LogP contribution in [0.25, 0.3) is 5.65 Å². The van der Waals surface area contributed by atoms with E-state index in [1.54, 1.807) is 0 Å². The number of fused-ring (bicyclic) bond motifs is 1. The standard InChI is InChI=1S/C19H22BrN3/c1-13(14-8-6-5-7-9-14)17-18(22-19(2,3)4)23-12-15(20)10-11-16(23)21-17/h5-13,22H,1-4H3. The Morgan fingerprint density at radius 1 is 1.09 bits per heavy atom. The quantitative estimate of drug-likeness (QED) is 0.662. The van der Waals surface area contributed by atoms with E-state index in [1.165, 1.54) is 5.56 Å². The molecule has 2 heterocycles. The van der Waals surface area contributed by atoms with Crippen molar-refractivity contribution in [1.29, 1.82) is 0 Å². The topological polar surface area (TPSA) is 29.3 Å². The molecule has 0 aliphatic heterocycles. The lowest BCUT2D eigenvalue weighted by molar-refractivity contribution is 0.626. The Morgan fingerprint density at radius 3 is 2.43 bits per heavy atom. The van der Waals surface area contributed by atoms with Gasteiger partial charge in [-0.05, 0) is 54.4 Å². The smallest absolute Gasteiger partial charge is 0.138 e. The van der Waals surface area contributed by atoms with Gasteiger partial charge in [-0.3, -0.25) is 4.40 Å². The van der Waals surface area contributed by atoms with Crippen LogP contribution in [0.1, 0.15) is 44.9 Å². The van der Waals surface area contributed by atoms with E-state index in [0.29, 0.717) is 0 Å². The lowest BCUT2D eigenvalue weighted by atomic mass is 9.97. The molecule has 3 aromatic rings. The van der Waals surface area contributed by atoms with Gasteiger partial charge in [0.1, 0.15) is 11.5 Å². The first-order valence-electron chi connectivity index (χ1n) is 7.86. The van der Waals surface area contributed by atoms with Crippen molar-refractivity contribution in [2.75, 3.05) is 5.32 Å². The van der Waals surface area contributed by atoms with E-state index in [9.17, 15) is 0 Å². The molecule has 3 rings (SSSR count). The molecular weight excluding hydrogens is 350 g/mol. The molecule has 0 saturated carbocycles. The highest BCUT2D eigenvalue weighted by Gasteiger charge is 2.22. The highest BCUT2D eigenvalue weighted by Crippen LogP contribution is 2.32. The fourth-order valence-electron chi connectivity index (χ4n) is 2.72. The molecule has 1 atom stereocenters. The number of halogens is 1. The second-order valence-corrected chi connectivity index (χ2v) is 7.84. The number of anilines is 1. The van der Waals surface area contributed by atoms with Gasteiger partial charge in [0.05, 0.1) is 5.69 Å². The third-order valence-electron chi connectivity index (χ3n) is 3.81. The third-order valence-corrected chi connectivity index (χ3v) is 4.28. The molecular formula is C19H22BrN3. The average Bonchev–Trinajstić information content (AvgIpc) is 2.84. The fourth-order valence-corrected chi connectivity index (χ4v) is 3.05. The molecule has 23 heavy (non-hydrogen) atoms. The number of nitrogens with zero attached hydrogens (tertiary/aromatic N) is 2. The SMILES string of the molecule is CC(c1ccccc1)c1nc2ccc(Br)cn2c1NC(C)(C)C. The number of benzene rings is 1. The van der Waals surface area contributed by atoms with E-state index >= 15 is 0 Å².